The zero-order valence-corrected chi connectivity index (χ0v) is 14.7. The first-order valence-corrected chi connectivity index (χ1v) is 8.37. The van der Waals surface area contributed by atoms with E-state index in [1.165, 1.54) is 6.21 Å². The van der Waals surface area contributed by atoms with E-state index in [9.17, 15) is 9.59 Å². The highest BCUT2D eigenvalue weighted by molar-refractivity contribution is 6.35. The lowest BCUT2D eigenvalue weighted by molar-refractivity contribution is 0.0660. The van der Waals surface area contributed by atoms with Crippen LogP contribution < -0.4 is 0 Å². The van der Waals surface area contributed by atoms with Crippen LogP contribution in [-0.4, -0.2) is 23.0 Å². The van der Waals surface area contributed by atoms with Gasteiger partial charge in [0.15, 0.2) is 0 Å². The van der Waals surface area contributed by atoms with Gasteiger partial charge in [0.05, 0.1) is 22.4 Å². The van der Waals surface area contributed by atoms with Crippen molar-refractivity contribution in [2.75, 3.05) is 0 Å². The number of nitrogens with zero attached hydrogens (tertiary/aromatic N) is 2. The molecule has 0 atom stereocenters. The van der Waals surface area contributed by atoms with Crippen molar-refractivity contribution in [3.63, 3.8) is 0 Å². The van der Waals surface area contributed by atoms with Gasteiger partial charge < -0.3 is 4.42 Å². The Bertz CT molecular complexity index is 1040. The van der Waals surface area contributed by atoms with Gasteiger partial charge in [-0.25, -0.2) is 0 Å². The van der Waals surface area contributed by atoms with Crippen LogP contribution >= 0.6 is 23.2 Å². The van der Waals surface area contributed by atoms with E-state index in [-0.39, 0.29) is 0 Å². The Balaban J connectivity index is 1.60. The van der Waals surface area contributed by atoms with Gasteiger partial charge >= 0.3 is 0 Å². The van der Waals surface area contributed by atoms with Crippen LogP contribution in [0.3, 0.4) is 0 Å². The summed E-state index contributed by atoms with van der Waals surface area (Å²) < 4.78 is 5.67. The summed E-state index contributed by atoms with van der Waals surface area (Å²) >= 11 is 12.1. The third-order valence-corrected chi connectivity index (χ3v) is 4.46. The van der Waals surface area contributed by atoms with Crippen molar-refractivity contribution in [3.8, 4) is 11.3 Å². The van der Waals surface area contributed by atoms with Gasteiger partial charge in [-0.3, -0.25) is 9.59 Å². The van der Waals surface area contributed by atoms with E-state index in [1.54, 1.807) is 54.6 Å². The summed E-state index contributed by atoms with van der Waals surface area (Å²) in [5, 5.41) is 5.82. The van der Waals surface area contributed by atoms with Crippen molar-refractivity contribution in [3.05, 3.63) is 81.5 Å². The number of carbonyl (C=O) groups is 2. The molecule has 1 aromatic heterocycles. The fraction of sp³-hybridized carbons (Fsp3) is 0. The van der Waals surface area contributed by atoms with E-state index >= 15 is 0 Å². The van der Waals surface area contributed by atoms with Crippen molar-refractivity contribution >= 4 is 41.2 Å². The number of fused-ring (bicyclic) bond motifs is 1. The molecule has 128 valence electrons. The largest absolute Gasteiger partial charge is 0.455 e. The molecule has 0 radical (unpaired) electrons. The highest BCUT2D eigenvalue weighted by Gasteiger charge is 2.35. The normalized spacial score (nSPS) is 13.7. The molecule has 26 heavy (non-hydrogen) atoms. The Morgan fingerprint density at radius 3 is 2.27 bits per heavy atom. The molecule has 4 rings (SSSR count). The molecule has 3 aromatic rings. The molecule has 0 unspecified atom stereocenters. The first-order valence-electron chi connectivity index (χ1n) is 7.61. The van der Waals surface area contributed by atoms with Gasteiger partial charge in [0.2, 0.25) is 0 Å². The van der Waals surface area contributed by atoms with Crippen molar-refractivity contribution in [2.24, 2.45) is 5.10 Å². The Kier molecular flexibility index (Phi) is 4.11. The average molecular weight is 385 g/mol. The molecule has 1 aliphatic rings. The summed E-state index contributed by atoms with van der Waals surface area (Å²) in [6.45, 7) is 0. The number of halogens is 2. The van der Waals surface area contributed by atoms with Gasteiger partial charge in [-0.05, 0) is 42.5 Å². The highest BCUT2D eigenvalue weighted by atomic mass is 35.5. The second kappa shape index (κ2) is 6.44. The van der Waals surface area contributed by atoms with E-state index in [1.807, 2.05) is 0 Å². The minimum absolute atomic E-state index is 0.334. The van der Waals surface area contributed by atoms with Crippen LogP contribution in [0, 0.1) is 0 Å². The van der Waals surface area contributed by atoms with Crippen molar-refractivity contribution in [1.82, 2.24) is 5.01 Å². The average Bonchev–Trinajstić information content (AvgIpc) is 3.20. The number of carbonyl (C=O) groups excluding carboxylic acids is 2. The maximum absolute atomic E-state index is 12.3. The van der Waals surface area contributed by atoms with Crippen LogP contribution in [0.15, 0.2) is 64.1 Å². The van der Waals surface area contributed by atoms with Gasteiger partial charge in [-0.1, -0.05) is 35.3 Å². The van der Waals surface area contributed by atoms with E-state index in [4.69, 9.17) is 27.6 Å². The fourth-order valence-corrected chi connectivity index (χ4v) is 3.03. The second-order valence-electron chi connectivity index (χ2n) is 5.54. The van der Waals surface area contributed by atoms with Crippen LogP contribution in [0.25, 0.3) is 11.3 Å². The Morgan fingerprint density at radius 1 is 0.885 bits per heavy atom. The first-order chi connectivity index (χ1) is 12.5. The van der Waals surface area contributed by atoms with Crippen LogP contribution in [0.4, 0.5) is 0 Å². The summed E-state index contributed by atoms with van der Waals surface area (Å²) in [5.74, 6) is -0.0630. The van der Waals surface area contributed by atoms with Gasteiger partial charge in [0, 0.05) is 10.6 Å². The van der Waals surface area contributed by atoms with Crippen LogP contribution in [0.1, 0.15) is 26.5 Å². The molecule has 2 aromatic carbocycles. The Morgan fingerprint density at radius 2 is 1.58 bits per heavy atom. The summed E-state index contributed by atoms with van der Waals surface area (Å²) in [7, 11) is 0. The third kappa shape index (κ3) is 2.81. The van der Waals surface area contributed by atoms with Crippen LogP contribution in [0.5, 0.6) is 0 Å². The van der Waals surface area contributed by atoms with Crippen LogP contribution in [-0.2, 0) is 0 Å². The zero-order valence-electron chi connectivity index (χ0n) is 13.1. The van der Waals surface area contributed by atoms with E-state index < -0.39 is 11.8 Å². The summed E-state index contributed by atoms with van der Waals surface area (Å²) in [5.41, 5.74) is 1.31. The second-order valence-corrected chi connectivity index (χ2v) is 6.38. The highest BCUT2D eigenvalue weighted by Crippen LogP contribution is 2.31. The van der Waals surface area contributed by atoms with E-state index in [0.29, 0.717) is 38.3 Å². The summed E-state index contributed by atoms with van der Waals surface area (Å²) in [4.78, 5) is 24.5. The molecule has 0 saturated carbocycles. The molecule has 0 saturated heterocycles. The molecule has 2 heterocycles. The molecule has 2 amide bonds. The summed E-state index contributed by atoms with van der Waals surface area (Å²) in [6.07, 6.45) is 1.31. The lowest BCUT2D eigenvalue weighted by Crippen LogP contribution is -2.23. The number of hydrazone groups is 1. The molecule has 0 fully saturated rings. The topological polar surface area (TPSA) is 62.9 Å². The Labute approximate surface area is 158 Å². The van der Waals surface area contributed by atoms with E-state index in [2.05, 4.69) is 5.10 Å². The minimum atomic E-state index is -0.466. The third-order valence-electron chi connectivity index (χ3n) is 3.89. The molecule has 0 aliphatic carbocycles. The number of amides is 2. The lowest BCUT2D eigenvalue weighted by Gasteiger charge is -2.04. The quantitative estimate of drug-likeness (QED) is 0.477. The number of imide groups is 1. The standard InChI is InChI=1S/C19H10Cl2N2O3/c20-11-5-7-16(21)15(9-11)17-8-6-12(26-17)10-22-23-18(24)13-3-1-2-4-14(13)19(23)25/h1-10H/b22-10-. The van der Waals surface area contributed by atoms with Gasteiger partial charge in [-0.2, -0.15) is 10.1 Å². The fourth-order valence-electron chi connectivity index (χ4n) is 2.65. The molecule has 0 spiro atoms. The van der Waals surface area contributed by atoms with Gasteiger partial charge in [0.25, 0.3) is 11.8 Å². The monoisotopic (exact) mass is 384 g/mol. The first kappa shape index (κ1) is 16.6. The molecular weight excluding hydrogens is 375 g/mol. The van der Waals surface area contributed by atoms with Crippen LogP contribution in [0.2, 0.25) is 10.0 Å². The smallest absolute Gasteiger partial charge is 0.282 e. The molecule has 0 bridgehead atoms. The molecule has 1 aliphatic heterocycles. The van der Waals surface area contributed by atoms with E-state index in [0.717, 1.165) is 5.01 Å². The molecule has 5 nitrogen and oxygen atoms in total. The van der Waals surface area contributed by atoms with Gasteiger partial charge in [-0.15, -0.1) is 0 Å². The van der Waals surface area contributed by atoms with Crippen molar-refractivity contribution in [1.29, 1.82) is 0 Å². The predicted octanol–water partition coefficient (Wildman–Crippen LogP) is 4.88. The number of furan rings is 1. The maximum Gasteiger partial charge on any atom is 0.282 e. The zero-order chi connectivity index (χ0) is 18.3. The molecule has 7 heteroatoms. The molecule has 0 N–H and O–H groups in total. The summed E-state index contributed by atoms with van der Waals surface area (Å²) in [6, 6.07) is 15.0. The number of rotatable bonds is 3. The molecular formula is C19H10Cl2N2O3. The number of hydrogen-bond acceptors (Lipinski definition) is 4. The minimum Gasteiger partial charge on any atom is -0.455 e. The number of hydrogen-bond donors (Lipinski definition) is 0. The SMILES string of the molecule is O=C1c2ccccc2C(=O)N1/N=C\c1ccc(-c2cc(Cl)ccc2Cl)o1. The van der Waals surface area contributed by atoms with Gasteiger partial charge in [0.1, 0.15) is 11.5 Å². The number of benzene rings is 2. The maximum atomic E-state index is 12.3. The van der Waals surface area contributed by atoms with Crippen molar-refractivity contribution < 1.29 is 14.0 Å². The predicted molar refractivity (Wildman–Crippen MR) is 98.7 cm³/mol. The lowest BCUT2D eigenvalue weighted by atomic mass is 10.1. The van der Waals surface area contributed by atoms with Crippen molar-refractivity contribution in [2.45, 2.75) is 0 Å². The Hall–Kier alpha value is -2.89.